The first-order chi connectivity index (χ1) is 17.1. The molecular formula is C25H30ClN5O5. The largest absolute Gasteiger partial charge is 0.340 e. The lowest BCUT2D eigenvalue weighted by Crippen LogP contribution is -2.60. The Morgan fingerprint density at radius 3 is 2.44 bits per heavy atom. The van der Waals surface area contributed by atoms with Gasteiger partial charge in [0.25, 0.3) is 11.6 Å². The van der Waals surface area contributed by atoms with Crippen LogP contribution in [0.1, 0.15) is 37.6 Å². The minimum absolute atomic E-state index is 0.118. The first-order valence-electron chi connectivity index (χ1n) is 11.8. The summed E-state index contributed by atoms with van der Waals surface area (Å²) in [5.74, 6) is -0.837. The van der Waals surface area contributed by atoms with Crippen molar-refractivity contribution in [3.8, 4) is 0 Å². The van der Waals surface area contributed by atoms with E-state index in [1.807, 2.05) is 20.8 Å². The van der Waals surface area contributed by atoms with Crippen LogP contribution in [-0.2, 0) is 4.79 Å². The summed E-state index contributed by atoms with van der Waals surface area (Å²) < 4.78 is 0. The number of hydrogen-bond acceptors (Lipinski definition) is 5. The van der Waals surface area contributed by atoms with Crippen LogP contribution in [0.2, 0.25) is 5.02 Å². The first-order valence-corrected chi connectivity index (χ1v) is 12.2. The second kappa shape index (κ2) is 11.9. The molecule has 1 heterocycles. The van der Waals surface area contributed by atoms with E-state index in [9.17, 15) is 24.5 Å². The fraction of sp³-hybridized carbons (Fsp3) is 0.400. The number of rotatable bonds is 7. The van der Waals surface area contributed by atoms with Crippen LogP contribution < -0.4 is 10.6 Å². The number of halogens is 1. The lowest BCUT2D eigenvalue weighted by atomic mass is 9.96. The highest BCUT2D eigenvalue weighted by Gasteiger charge is 2.35. The van der Waals surface area contributed by atoms with Crippen LogP contribution >= 0.6 is 11.6 Å². The molecule has 3 atom stereocenters. The summed E-state index contributed by atoms with van der Waals surface area (Å²) in [5.41, 5.74) is 0.703. The van der Waals surface area contributed by atoms with E-state index in [2.05, 4.69) is 10.6 Å². The van der Waals surface area contributed by atoms with Crippen molar-refractivity contribution in [1.82, 2.24) is 15.1 Å². The Labute approximate surface area is 214 Å². The van der Waals surface area contributed by atoms with Gasteiger partial charge in [0.2, 0.25) is 5.91 Å². The minimum Gasteiger partial charge on any atom is -0.340 e. The monoisotopic (exact) mass is 515 g/mol. The Hall–Kier alpha value is -3.66. The highest BCUT2D eigenvalue weighted by Crippen LogP contribution is 2.20. The standard InChI is InChI=1S/C25H30ClN5O5/c1-4-16(2)22(28-23(32)18-8-10-21(11-9-18)31(35)36)24(33)29-12-13-30(17(3)15-29)25(34)27-20-7-5-6-19(26)14-20/h5-11,14,16-17,22H,4,12-13,15H2,1-3H3,(H,27,34)(H,28,32). The fourth-order valence-electron chi connectivity index (χ4n) is 4.06. The molecule has 2 aromatic rings. The quantitative estimate of drug-likeness (QED) is 0.423. The summed E-state index contributed by atoms with van der Waals surface area (Å²) in [6.07, 6.45) is 0.661. The molecular weight excluding hydrogens is 486 g/mol. The zero-order valence-electron chi connectivity index (χ0n) is 20.4. The molecule has 1 aliphatic heterocycles. The number of carbonyl (C=O) groups is 3. The molecule has 2 aromatic carbocycles. The number of hydrogen-bond donors (Lipinski definition) is 2. The van der Waals surface area contributed by atoms with Gasteiger partial charge in [-0.1, -0.05) is 37.9 Å². The zero-order chi connectivity index (χ0) is 26.4. The normalized spacial score (nSPS) is 17.2. The molecule has 0 aliphatic carbocycles. The van der Waals surface area contributed by atoms with E-state index >= 15 is 0 Å². The number of nitro groups is 1. The van der Waals surface area contributed by atoms with Crippen molar-refractivity contribution in [2.45, 2.75) is 39.3 Å². The van der Waals surface area contributed by atoms with Crippen molar-refractivity contribution in [3.63, 3.8) is 0 Å². The minimum atomic E-state index is -0.767. The number of carbonyl (C=O) groups excluding carboxylic acids is 3. The molecule has 0 radical (unpaired) electrons. The van der Waals surface area contributed by atoms with Gasteiger partial charge in [0.1, 0.15) is 6.04 Å². The van der Waals surface area contributed by atoms with Gasteiger partial charge >= 0.3 is 6.03 Å². The molecule has 0 saturated carbocycles. The van der Waals surface area contributed by atoms with E-state index in [1.54, 1.807) is 34.1 Å². The molecule has 3 unspecified atom stereocenters. The van der Waals surface area contributed by atoms with Crippen LogP contribution in [-0.4, -0.2) is 64.3 Å². The summed E-state index contributed by atoms with van der Waals surface area (Å²) in [6.45, 7) is 6.67. The molecule has 4 amide bonds. The Kier molecular flexibility index (Phi) is 8.87. The van der Waals surface area contributed by atoms with Gasteiger partial charge in [-0.15, -0.1) is 0 Å². The number of piperazine rings is 1. The molecule has 3 rings (SSSR count). The lowest BCUT2D eigenvalue weighted by molar-refractivity contribution is -0.384. The second-order valence-corrected chi connectivity index (χ2v) is 9.34. The summed E-state index contributed by atoms with van der Waals surface area (Å²) in [7, 11) is 0. The van der Waals surface area contributed by atoms with Crippen molar-refractivity contribution >= 4 is 40.8 Å². The Morgan fingerprint density at radius 1 is 1.17 bits per heavy atom. The van der Waals surface area contributed by atoms with Crippen LogP contribution in [0.3, 0.4) is 0 Å². The number of urea groups is 1. The van der Waals surface area contributed by atoms with Crippen molar-refractivity contribution in [2.24, 2.45) is 5.92 Å². The molecule has 192 valence electrons. The van der Waals surface area contributed by atoms with Gasteiger partial charge in [0, 0.05) is 54.1 Å². The number of nitrogens with one attached hydrogen (secondary N) is 2. The Morgan fingerprint density at radius 2 is 1.86 bits per heavy atom. The maximum atomic E-state index is 13.4. The molecule has 0 spiro atoms. The van der Waals surface area contributed by atoms with Crippen LogP contribution in [0.5, 0.6) is 0 Å². The summed E-state index contributed by atoms with van der Waals surface area (Å²) >= 11 is 5.99. The van der Waals surface area contributed by atoms with E-state index in [4.69, 9.17) is 11.6 Å². The number of nitro benzene ring substituents is 1. The van der Waals surface area contributed by atoms with E-state index < -0.39 is 16.9 Å². The SMILES string of the molecule is CCC(C)C(NC(=O)c1ccc([N+](=O)[O-])cc1)C(=O)N1CCN(C(=O)Nc2cccc(Cl)c2)C(C)C1. The summed E-state index contributed by atoms with van der Waals surface area (Å²) in [6, 6.07) is 10.8. The summed E-state index contributed by atoms with van der Waals surface area (Å²) in [4.78, 5) is 52.7. The van der Waals surface area contributed by atoms with Crippen molar-refractivity contribution in [3.05, 3.63) is 69.2 Å². The fourth-order valence-corrected chi connectivity index (χ4v) is 4.25. The molecule has 11 heteroatoms. The molecule has 10 nitrogen and oxygen atoms in total. The van der Waals surface area contributed by atoms with E-state index in [1.165, 1.54) is 24.3 Å². The number of benzene rings is 2. The third kappa shape index (κ3) is 6.51. The number of non-ortho nitro benzene ring substituents is 1. The maximum absolute atomic E-state index is 13.4. The molecule has 1 aliphatic rings. The average molecular weight is 516 g/mol. The number of nitrogens with zero attached hydrogens (tertiary/aromatic N) is 3. The van der Waals surface area contributed by atoms with Crippen molar-refractivity contribution < 1.29 is 19.3 Å². The Bertz CT molecular complexity index is 1130. The highest BCUT2D eigenvalue weighted by molar-refractivity contribution is 6.30. The maximum Gasteiger partial charge on any atom is 0.322 e. The second-order valence-electron chi connectivity index (χ2n) is 8.91. The van der Waals surface area contributed by atoms with Gasteiger partial charge in [-0.05, 0) is 43.2 Å². The molecule has 36 heavy (non-hydrogen) atoms. The average Bonchev–Trinajstić information content (AvgIpc) is 2.86. The topological polar surface area (TPSA) is 125 Å². The molecule has 0 bridgehead atoms. The lowest BCUT2D eigenvalue weighted by Gasteiger charge is -2.41. The van der Waals surface area contributed by atoms with Gasteiger partial charge in [-0.2, -0.15) is 0 Å². The van der Waals surface area contributed by atoms with Gasteiger partial charge in [0.05, 0.1) is 4.92 Å². The Balaban J connectivity index is 1.65. The predicted molar refractivity (Wildman–Crippen MR) is 137 cm³/mol. The summed E-state index contributed by atoms with van der Waals surface area (Å²) in [5, 5.41) is 17.0. The molecule has 1 saturated heterocycles. The predicted octanol–water partition coefficient (Wildman–Crippen LogP) is 4.16. The third-order valence-electron chi connectivity index (χ3n) is 6.38. The molecule has 0 aromatic heterocycles. The van der Waals surface area contributed by atoms with Crippen molar-refractivity contribution in [1.29, 1.82) is 0 Å². The van der Waals surface area contributed by atoms with Crippen LogP contribution in [0.4, 0.5) is 16.2 Å². The third-order valence-corrected chi connectivity index (χ3v) is 6.62. The van der Waals surface area contributed by atoms with E-state index in [-0.39, 0.29) is 35.1 Å². The van der Waals surface area contributed by atoms with Crippen molar-refractivity contribution in [2.75, 3.05) is 25.0 Å². The van der Waals surface area contributed by atoms with E-state index in [0.717, 1.165) is 0 Å². The molecule has 1 fully saturated rings. The smallest absolute Gasteiger partial charge is 0.322 e. The van der Waals surface area contributed by atoms with Crippen LogP contribution in [0.15, 0.2) is 48.5 Å². The van der Waals surface area contributed by atoms with Gasteiger partial charge in [-0.3, -0.25) is 19.7 Å². The van der Waals surface area contributed by atoms with E-state index in [0.29, 0.717) is 36.8 Å². The number of amides is 4. The number of anilines is 1. The van der Waals surface area contributed by atoms with Gasteiger partial charge in [0.15, 0.2) is 0 Å². The first kappa shape index (κ1) is 26.9. The van der Waals surface area contributed by atoms with Crippen LogP contribution in [0, 0.1) is 16.0 Å². The molecule has 2 N–H and O–H groups in total. The zero-order valence-corrected chi connectivity index (χ0v) is 21.2. The van der Waals surface area contributed by atoms with Crippen LogP contribution in [0.25, 0.3) is 0 Å². The van der Waals surface area contributed by atoms with Gasteiger partial charge < -0.3 is 20.4 Å². The highest BCUT2D eigenvalue weighted by atomic mass is 35.5. The van der Waals surface area contributed by atoms with Gasteiger partial charge in [-0.25, -0.2) is 4.79 Å².